The highest BCUT2D eigenvalue weighted by molar-refractivity contribution is 5.78. The molecule has 4 fully saturated rings. The fourth-order valence-electron chi connectivity index (χ4n) is 5.26. The average Bonchev–Trinajstić information content (AvgIpc) is 2.56. The Morgan fingerprint density at radius 3 is 2.38 bits per heavy atom. The molecule has 4 aliphatic rings. The van der Waals surface area contributed by atoms with Gasteiger partial charge in [-0.1, -0.05) is 12.1 Å². The number of ether oxygens (including phenoxy) is 1. The number of amides is 1. The van der Waals surface area contributed by atoms with Gasteiger partial charge in [0.05, 0.1) is 4.92 Å². The quantitative estimate of drug-likeness (QED) is 0.665. The van der Waals surface area contributed by atoms with Crippen molar-refractivity contribution in [2.45, 2.75) is 38.1 Å². The Labute approximate surface area is 140 Å². The van der Waals surface area contributed by atoms with Crippen LogP contribution in [0.15, 0.2) is 24.3 Å². The summed E-state index contributed by atoms with van der Waals surface area (Å²) in [7, 11) is 0. The van der Waals surface area contributed by atoms with Crippen molar-refractivity contribution < 1.29 is 14.5 Å². The van der Waals surface area contributed by atoms with Crippen molar-refractivity contribution in [2.24, 2.45) is 23.7 Å². The number of nitrogens with one attached hydrogen (secondary N) is 1. The van der Waals surface area contributed by atoms with Gasteiger partial charge in [-0.2, -0.15) is 0 Å². The maximum atomic E-state index is 12.3. The summed E-state index contributed by atoms with van der Waals surface area (Å²) in [6, 6.07) is 6.41. The van der Waals surface area contributed by atoms with E-state index in [1.165, 1.54) is 44.2 Å². The molecule has 6 nitrogen and oxygen atoms in total. The van der Waals surface area contributed by atoms with Gasteiger partial charge in [-0.15, -0.1) is 0 Å². The SMILES string of the molecule is O=C(COc1ccccc1[N+](=O)[O-])NC1C2CC3CC(C2)CC1C3. The molecule has 6 heteroatoms. The van der Waals surface area contributed by atoms with E-state index in [4.69, 9.17) is 4.74 Å². The van der Waals surface area contributed by atoms with Crippen LogP contribution >= 0.6 is 0 Å². The molecule has 128 valence electrons. The predicted octanol–water partition coefficient (Wildman–Crippen LogP) is 2.91. The van der Waals surface area contributed by atoms with Gasteiger partial charge < -0.3 is 10.1 Å². The normalized spacial score (nSPS) is 33.2. The molecular formula is C18H22N2O4. The largest absolute Gasteiger partial charge is 0.477 e. The molecule has 5 rings (SSSR count). The van der Waals surface area contributed by atoms with Gasteiger partial charge in [0.1, 0.15) is 0 Å². The van der Waals surface area contributed by atoms with Gasteiger partial charge in [-0.3, -0.25) is 14.9 Å². The molecule has 0 saturated heterocycles. The highest BCUT2D eigenvalue weighted by Crippen LogP contribution is 2.53. The lowest BCUT2D eigenvalue weighted by Gasteiger charge is -2.54. The molecular weight excluding hydrogens is 308 g/mol. The van der Waals surface area contributed by atoms with Crippen molar-refractivity contribution in [3.05, 3.63) is 34.4 Å². The second-order valence-electron chi connectivity index (χ2n) is 7.54. The Bertz CT molecular complexity index is 632. The van der Waals surface area contributed by atoms with Crippen molar-refractivity contribution in [3.8, 4) is 5.75 Å². The van der Waals surface area contributed by atoms with Crippen LogP contribution in [-0.2, 0) is 4.79 Å². The summed E-state index contributed by atoms with van der Waals surface area (Å²) in [5, 5.41) is 14.1. The number of benzene rings is 1. The Kier molecular flexibility index (Phi) is 3.90. The molecule has 4 aliphatic carbocycles. The maximum Gasteiger partial charge on any atom is 0.310 e. The molecule has 0 radical (unpaired) electrons. The summed E-state index contributed by atoms with van der Waals surface area (Å²) in [4.78, 5) is 22.8. The Morgan fingerprint density at radius 1 is 1.12 bits per heavy atom. The van der Waals surface area contributed by atoms with E-state index < -0.39 is 4.92 Å². The summed E-state index contributed by atoms with van der Waals surface area (Å²) in [5.74, 6) is 2.91. The van der Waals surface area contributed by atoms with Crippen LogP contribution in [0.25, 0.3) is 0 Å². The van der Waals surface area contributed by atoms with Crippen LogP contribution in [-0.4, -0.2) is 23.5 Å². The van der Waals surface area contributed by atoms with Gasteiger partial charge in [0.15, 0.2) is 12.4 Å². The topological polar surface area (TPSA) is 81.5 Å². The minimum Gasteiger partial charge on any atom is -0.477 e. The zero-order chi connectivity index (χ0) is 16.7. The van der Waals surface area contributed by atoms with Crippen LogP contribution in [0.1, 0.15) is 32.1 Å². The molecule has 4 saturated carbocycles. The number of nitro groups is 1. The van der Waals surface area contributed by atoms with Crippen molar-refractivity contribution >= 4 is 11.6 Å². The number of hydrogen-bond acceptors (Lipinski definition) is 4. The molecule has 24 heavy (non-hydrogen) atoms. The molecule has 0 aromatic heterocycles. The van der Waals surface area contributed by atoms with Crippen molar-refractivity contribution in [2.75, 3.05) is 6.61 Å². The van der Waals surface area contributed by atoms with Crippen molar-refractivity contribution in [1.29, 1.82) is 0 Å². The maximum absolute atomic E-state index is 12.3. The van der Waals surface area contributed by atoms with E-state index >= 15 is 0 Å². The fraction of sp³-hybridized carbons (Fsp3) is 0.611. The fourth-order valence-corrected chi connectivity index (χ4v) is 5.26. The number of nitro benzene ring substituents is 1. The standard InChI is InChI=1S/C18H22N2O4/c21-17(10-24-16-4-2-1-3-15(16)20(22)23)19-18-13-6-11-5-12(8-13)9-14(18)7-11/h1-4,11-14,18H,5-10H2,(H,19,21). The van der Waals surface area contributed by atoms with E-state index in [-0.39, 0.29) is 30.0 Å². The first-order chi connectivity index (χ1) is 11.6. The summed E-state index contributed by atoms with van der Waals surface area (Å²) in [6.45, 7) is -0.173. The molecule has 1 aromatic rings. The summed E-state index contributed by atoms with van der Waals surface area (Å²) >= 11 is 0. The number of hydrogen-bond donors (Lipinski definition) is 1. The third-order valence-electron chi connectivity index (χ3n) is 5.98. The van der Waals surface area contributed by atoms with E-state index in [0.29, 0.717) is 11.8 Å². The highest BCUT2D eigenvalue weighted by atomic mass is 16.6. The van der Waals surface area contributed by atoms with Gasteiger partial charge in [0, 0.05) is 12.1 Å². The summed E-state index contributed by atoms with van der Waals surface area (Å²) in [6.07, 6.45) is 6.34. The van der Waals surface area contributed by atoms with Crippen molar-refractivity contribution in [1.82, 2.24) is 5.32 Å². The minimum absolute atomic E-state index is 0.111. The van der Waals surface area contributed by atoms with Gasteiger partial charge in [0.2, 0.25) is 0 Å². The van der Waals surface area contributed by atoms with Crippen LogP contribution in [0.4, 0.5) is 5.69 Å². The van der Waals surface area contributed by atoms with Crippen molar-refractivity contribution in [3.63, 3.8) is 0 Å². The Hall–Kier alpha value is -2.11. The Balaban J connectivity index is 1.35. The highest BCUT2D eigenvalue weighted by Gasteiger charge is 2.48. The van der Waals surface area contributed by atoms with Crippen LogP contribution in [0.5, 0.6) is 5.75 Å². The van der Waals surface area contributed by atoms with E-state index in [0.717, 1.165) is 11.8 Å². The predicted molar refractivity (Wildman–Crippen MR) is 87.6 cm³/mol. The monoisotopic (exact) mass is 330 g/mol. The second kappa shape index (κ2) is 6.07. The van der Waals surface area contributed by atoms with Crippen LogP contribution < -0.4 is 10.1 Å². The lowest BCUT2D eigenvalue weighted by atomic mass is 9.54. The molecule has 0 heterocycles. The molecule has 1 aromatic carbocycles. The molecule has 0 spiro atoms. The lowest BCUT2D eigenvalue weighted by molar-refractivity contribution is -0.385. The third-order valence-corrected chi connectivity index (χ3v) is 5.98. The average molecular weight is 330 g/mol. The summed E-state index contributed by atoms with van der Waals surface area (Å²) in [5.41, 5.74) is -0.111. The molecule has 4 bridgehead atoms. The van der Waals surface area contributed by atoms with Gasteiger partial charge in [-0.25, -0.2) is 0 Å². The minimum atomic E-state index is -0.495. The van der Waals surface area contributed by atoms with Crippen LogP contribution in [0, 0.1) is 33.8 Å². The smallest absolute Gasteiger partial charge is 0.310 e. The first-order valence-electron chi connectivity index (χ1n) is 8.75. The Morgan fingerprint density at radius 2 is 1.75 bits per heavy atom. The zero-order valence-electron chi connectivity index (χ0n) is 13.5. The molecule has 0 aliphatic heterocycles. The lowest BCUT2D eigenvalue weighted by Crippen LogP contribution is -2.56. The first-order valence-corrected chi connectivity index (χ1v) is 8.75. The third kappa shape index (κ3) is 2.85. The van der Waals surface area contributed by atoms with Gasteiger partial charge in [0.25, 0.3) is 5.91 Å². The number of nitrogens with zero attached hydrogens (tertiary/aromatic N) is 1. The zero-order valence-corrected chi connectivity index (χ0v) is 13.5. The molecule has 1 N–H and O–H groups in total. The molecule has 0 unspecified atom stereocenters. The number of rotatable bonds is 5. The summed E-state index contributed by atoms with van der Waals surface area (Å²) < 4.78 is 5.40. The van der Waals surface area contributed by atoms with E-state index in [1.54, 1.807) is 12.1 Å². The number of carbonyl (C=O) groups excluding carboxylic acids is 1. The number of para-hydroxylation sites is 2. The van der Waals surface area contributed by atoms with Gasteiger partial charge in [-0.05, 0) is 61.8 Å². The van der Waals surface area contributed by atoms with E-state index in [9.17, 15) is 14.9 Å². The van der Waals surface area contributed by atoms with Gasteiger partial charge >= 0.3 is 5.69 Å². The second-order valence-corrected chi connectivity index (χ2v) is 7.54. The molecule has 0 atom stereocenters. The van der Waals surface area contributed by atoms with E-state index in [2.05, 4.69) is 5.32 Å². The molecule has 1 amide bonds. The van der Waals surface area contributed by atoms with Crippen LogP contribution in [0.2, 0.25) is 0 Å². The van der Waals surface area contributed by atoms with E-state index in [1.807, 2.05) is 0 Å². The van der Waals surface area contributed by atoms with Crippen LogP contribution in [0.3, 0.4) is 0 Å². The number of carbonyl (C=O) groups is 1. The first kappa shape index (κ1) is 15.4.